The number of phenols is 1. The molecule has 0 aromatic heterocycles. The summed E-state index contributed by atoms with van der Waals surface area (Å²) >= 11 is 0. The minimum atomic E-state index is 0.273. The molecule has 0 aliphatic rings. The first-order valence-electron chi connectivity index (χ1n) is 9.91. The molecule has 0 radical (unpaired) electrons. The highest BCUT2D eigenvalue weighted by molar-refractivity contribution is 5.85. The van der Waals surface area contributed by atoms with E-state index in [-0.39, 0.29) is 5.41 Å². The van der Waals surface area contributed by atoms with E-state index in [9.17, 15) is 5.11 Å². The molecule has 0 bridgehead atoms. The van der Waals surface area contributed by atoms with E-state index in [1.807, 2.05) is 24.3 Å². The Balaban J connectivity index is 0.000000194. The third kappa shape index (κ3) is 5.60. The Bertz CT molecular complexity index is 865. The van der Waals surface area contributed by atoms with Crippen molar-refractivity contribution in [3.8, 4) is 5.75 Å². The van der Waals surface area contributed by atoms with Crippen LogP contribution in [0.4, 0.5) is 0 Å². The summed E-state index contributed by atoms with van der Waals surface area (Å²) < 4.78 is 0. The molecule has 27 heavy (non-hydrogen) atoms. The fraction of sp³-hybridized carbons (Fsp3) is 0.385. The lowest BCUT2D eigenvalue weighted by molar-refractivity contribution is 0.466. The van der Waals surface area contributed by atoms with Crippen LogP contribution in [0.3, 0.4) is 0 Å². The molecule has 1 N–H and O–H groups in total. The van der Waals surface area contributed by atoms with E-state index < -0.39 is 0 Å². The highest BCUT2D eigenvalue weighted by atomic mass is 16.3. The predicted octanol–water partition coefficient (Wildman–Crippen LogP) is 7.78. The first kappa shape index (κ1) is 21.0. The molecular formula is C26H34O. The molecule has 3 rings (SSSR count). The number of rotatable bonds is 2. The van der Waals surface area contributed by atoms with Crippen molar-refractivity contribution < 1.29 is 5.11 Å². The fourth-order valence-corrected chi connectivity index (χ4v) is 3.08. The molecule has 0 spiro atoms. The van der Waals surface area contributed by atoms with Crippen LogP contribution in [0.25, 0.3) is 10.8 Å². The Kier molecular flexibility index (Phi) is 6.70. The van der Waals surface area contributed by atoms with E-state index in [4.69, 9.17) is 0 Å². The molecule has 144 valence electrons. The van der Waals surface area contributed by atoms with E-state index in [0.29, 0.717) is 17.6 Å². The quantitative estimate of drug-likeness (QED) is 0.493. The Morgan fingerprint density at radius 2 is 1.22 bits per heavy atom. The molecule has 0 heterocycles. The van der Waals surface area contributed by atoms with Crippen molar-refractivity contribution in [2.45, 2.75) is 65.7 Å². The summed E-state index contributed by atoms with van der Waals surface area (Å²) in [4.78, 5) is 0. The Morgan fingerprint density at radius 1 is 0.704 bits per heavy atom. The molecule has 0 saturated carbocycles. The maximum atomic E-state index is 9.78. The number of aromatic hydroxyl groups is 1. The standard InChI is InChI=1S/C13H14O.C13H20/c1-9(2)12-7-10-5-3-4-6-11(10)8-13(12)14;1-10(2)11-6-8-12(9-7-11)13(3,4)5/h3-9,14H,1-2H3;6-10H,1-5H3. The maximum Gasteiger partial charge on any atom is 0.119 e. The number of hydrogen-bond acceptors (Lipinski definition) is 1. The summed E-state index contributed by atoms with van der Waals surface area (Å²) in [5.74, 6) is 1.40. The molecule has 3 aromatic carbocycles. The maximum absolute atomic E-state index is 9.78. The van der Waals surface area contributed by atoms with Gasteiger partial charge in [-0.05, 0) is 56.8 Å². The molecule has 1 heteroatoms. The summed E-state index contributed by atoms with van der Waals surface area (Å²) in [7, 11) is 0. The molecule has 3 aromatic rings. The summed E-state index contributed by atoms with van der Waals surface area (Å²) in [6.45, 7) is 15.4. The van der Waals surface area contributed by atoms with Crippen LogP contribution in [0, 0.1) is 0 Å². The van der Waals surface area contributed by atoms with Crippen molar-refractivity contribution in [3.63, 3.8) is 0 Å². The van der Waals surface area contributed by atoms with Gasteiger partial charge in [-0.3, -0.25) is 0 Å². The van der Waals surface area contributed by atoms with Gasteiger partial charge in [0.1, 0.15) is 5.75 Å². The van der Waals surface area contributed by atoms with E-state index in [2.05, 4.69) is 84.9 Å². The average Bonchev–Trinajstić information content (AvgIpc) is 2.61. The topological polar surface area (TPSA) is 20.2 Å². The molecular weight excluding hydrogens is 328 g/mol. The van der Waals surface area contributed by atoms with Crippen molar-refractivity contribution >= 4 is 10.8 Å². The Hall–Kier alpha value is -2.28. The monoisotopic (exact) mass is 362 g/mol. The minimum absolute atomic E-state index is 0.273. The molecule has 0 aliphatic heterocycles. The lowest BCUT2D eigenvalue weighted by Crippen LogP contribution is -2.10. The van der Waals surface area contributed by atoms with Crippen molar-refractivity contribution in [1.29, 1.82) is 0 Å². The molecule has 0 amide bonds. The predicted molar refractivity (Wildman–Crippen MR) is 119 cm³/mol. The second-order valence-electron chi connectivity index (χ2n) is 8.94. The van der Waals surface area contributed by atoms with Gasteiger partial charge in [-0.1, -0.05) is 97.0 Å². The first-order chi connectivity index (χ1) is 12.6. The van der Waals surface area contributed by atoms with Crippen molar-refractivity contribution in [2.75, 3.05) is 0 Å². The van der Waals surface area contributed by atoms with Crippen LogP contribution in [-0.4, -0.2) is 5.11 Å². The second kappa shape index (κ2) is 8.61. The molecule has 0 fully saturated rings. The van der Waals surface area contributed by atoms with Crippen LogP contribution in [0.5, 0.6) is 5.75 Å². The van der Waals surface area contributed by atoms with Gasteiger partial charge in [0, 0.05) is 0 Å². The van der Waals surface area contributed by atoms with Crippen molar-refractivity contribution in [3.05, 3.63) is 77.4 Å². The fourth-order valence-electron chi connectivity index (χ4n) is 3.08. The molecule has 0 aliphatic carbocycles. The lowest BCUT2D eigenvalue weighted by Gasteiger charge is -2.19. The molecule has 1 nitrogen and oxygen atoms in total. The first-order valence-corrected chi connectivity index (χ1v) is 9.91. The van der Waals surface area contributed by atoms with Crippen molar-refractivity contribution in [1.82, 2.24) is 0 Å². The molecule has 0 saturated heterocycles. The van der Waals surface area contributed by atoms with Crippen LogP contribution in [0.15, 0.2) is 60.7 Å². The Morgan fingerprint density at radius 3 is 1.67 bits per heavy atom. The van der Waals surface area contributed by atoms with Crippen LogP contribution in [0.2, 0.25) is 0 Å². The average molecular weight is 363 g/mol. The number of phenolic OH excluding ortho intramolecular Hbond substituents is 1. The summed E-state index contributed by atoms with van der Waals surface area (Å²) in [6.07, 6.45) is 0. The van der Waals surface area contributed by atoms with Gasteiger partial charge in [-0.15, -0.1) is 0 Å². The Labute approximate surface area is 165 Å². The molecule has 0 unspecified atom stereocenters. The van der Waals surface area contributed by atoms with Gasteiger partial charge >= 0.3 is 0 Å². The van der Waals surface area contributed by atoms with Gasteiger partial charge in [0.05, 0.1) is 0 Å². The van der Waals surface area contributed by atoms with Gasteiger partial charge in [0.25, 0.3) is 0 Å². The van der Waals surface area contributed by atoms with Gasteiger partial charge in [-0.25, -0.2) is 0 Å². The smallest absolute Gasteiger partial charge is 0.119 e. The largest absolute Gasteiger partial charge is 0.508 e. The van der Waals surface area contributed by atoms with Gasteiger partial charge in [-0.2, -0.15) is 0 Å². The van der Waals surface area contributed by atoms with Gasteiger partial charge in [0.15, 0.2) is 0 Å². The van der Waals surface area contributed by atoms with E-state index in [0.717, 1.165) is 10.9 Å². The van der Waals surface area contributed by atoms with E-state index >= 15 is 0 Å². The zero-order valence-electron chi connectivity index (χ0n) is 17.9. The second-order valence-corrected chi connectivity index (χ2v) is 8.94. The van der Waals surface area contributed by atoms with Crippen LogP contribution >= 0.6 is 0 Å². The SMILES string of the molecule is CC(C)c1cc2ccccc2cc1O.CC(C)c1ccc(C(C)(C)C)cc1. The zero-order valence-corrected chi connectivity index (χ0v) is 17.9. The minimum Gasteiger partial charge on any atom is -0.508 e. The third-order valence-corrected chi connectivity index (χ3v) is 4.96. The molecule has 0 atom stereocenters. The number of benzene rings is 3. The summed E-state index contributed by atoms with van der Waals surface area (Å²) in [5, 5.41) is 12.1. The zero-order chi connectivity index (χ0) is 20.2. The van der Waals surface area contributed by atoms with Gasteiger partial charge < -0.3 is 5.11 Å². The summed E-state index contributed by atoms with van der Waals surface area (Å²) in [5.41, 5.74) is 4.13. The lowest BCUT2D eigenvalue weighted by atomic mass is 9.86. The van der Waals surface area contributed by atoms with Crippen LogP contribution in [-0.2, 0) is 5.41 Å². The highest BCUT2D eigenvalue weighted by Gasteiger charge is 2.13. The van der Waals surface area contributed by atoms with Gasteiger partial charge in [0.2, 0.25) is 0 Å². The third-order valence-electron chi connectivity index (χ3n) is 4.96. The van der Waals surface area contributed by atoms with Crippen molar-refractivity contribution in [2.24, 2.45) is 0 Å². The van der Waals surface area contributed by atoms with E-state index in [1.54, 1.807) is 0 Å². The van der Waals surface area contributed by atoms with E-state index in [1.165, 1.54) is 16.5 Å². The summed E-state index contributed by atoms with van der Waals surface area (Å²) in [6, 6.07) is 21.0. The highest BCUT2D eigenvalue weighted by Crippen LogP contribution is 2.30. The number of fused-ring (bicyclic) bond motifs is 1. The van der Waals surface area contributed by atoms with Crippen LogP contribution in [0.1, 0.15) is 77.0 Å². The normalized spacial score (nSPS) is 11.6. The van der Waals surface area contributed by atoms with Crippen LogP contribution < -0.4 is 0 Å². The number of hydrogen-bond donors (Lipinski definition) is 1.